The fourth-order valence-corrected chi connectivity index (χ4v) is 5.72. The van der Waals surface area contributed by atoms with E-state index in [1.165, 1.54) is 11.4 Å². The number of methoxy groups -OCH3 is 1. The van der Waals surface area contributed by atoms with Crippen molar-refractivity contribution in [2.24, 2.45) is 0 Å². The van der Waals surface area contributed by atoms with Gasteiger partial charge < -0.3 is 4.74 Å². The lowest BCUT2D eigenvalue weighted by Gasteiger charge is -2.09. The van der Waals surface area contributed by atoms with E-state index in [0.29, 0.717) is 5.02 Å². The van der Waals surface area contributed by atoms with Crippen LogP contribution in [-0.4, -0.2) is 31.8 Å². The first-order valence-corrected chi connectivity index (χ1v) is 12.3. The number of rotatable bonds is 6. The Labute approximate surface area is 199 Å². The molecule has 0 saturated carbocycles. The fraction of sp³-hybridized carbons (Fsp3) is 0.192. The molecular weight excluding hydrogens is 458 g/mol. The zero-order valence-electron chi connectivity index (χ0n) is 18.5. The summed E-state index contributed by atoms with van der Waals surface area (Å²) in [6.07, 6.45) is 1.67. The van der Waals surface area contributed by atoms with Crippen LogP contribution in [-0.2, 0) is 19.6 Å². The first kappa shape index (κ1) is 23.2. The summed E-state index contributed by atoms with van der Waals surface area (Å²) < 4.78 is 33.6. The first-order valence-electron chi connectivity index (χ1n) is 10.4. The summed E-state index contributed by atoms with van der Waals surface area (Å²) in [5.41, 5.74) is 3.83. The number of ether oxygens (including phenoxy) is 1. The molecular formula is C26H24ClNO4S. The van der Waals surface area contributed by atoms with Gasteiger partial charge in [0.05, 0.1) is 29.7 Å². The molecule has 0 spiro atoms. The second-order valence-corrected chi connectivity index (χ2v) is 10.4. The largest absolute Gasteiger partial charge is 0.466 e. The van der Waals surface area contributed by atoms with E-state index in [9.17, 15) is 13.2 Å². The topological polar surface area (TPSA) is 63.5 Å². The molecule has 5 nitrogen and oxygen atoms in total. The van der Waals surface area contributed by atoms with E-state index in [2.05, 4.69) is 0 Å². The first-order chi connectivity index (χ1) is 15.7. The number of aryl methyl sites for hydroxylation is 2. The lowest BCUT2D eigenvalue weighted by molar-refractivity contribution is -0.136. The summed E-state index contributed by atoms with van der Waals surface area (Å²) in [5, 5.41) is 0.569. The minimum absolute atomic E-state index is 0.184. The van der Waals surface area contributed by atoms with Gasteiger partial charge in [-0.2, -0.15) is 4.31 Å². The summed E-state index contributed by atoms with van der Waals surface area (Å²) in [4.78, 5) is 13.0. The van der Waals surface area contributed by atoms with E-state index in [-0.39, 0.29) is 10.5 Å². The van der Waals surface area contributed by atoms with Crippen LogP contribution in [0.15, 0.2) is 83.3 Å². The summed E-state index contributed by atoms with van der Waals surface area (Å²) in [6.45, 7) is 3.87. The van der Waals surface area contributed by atoms with Crippen LogP contribution in [0.1, 0.15) is 28.3 Å². The highest BCUT2D eigenvalue weighted by Gasteiger charge is 2.59. The molecule has 1 saturated heterocycles. The number of carbonyl (C=O) groups excluding carboxylic acids is 1. The number of hydrogen-bond donors (Lipinski definition) is 0. The Balaban J connectivity index is 1.82. The molecule has 3 aromatic rings. The van der Waals surface area contributed by atoms with Crippen LogP contribution in [0.25, 0.3) is 6.08 Å². The van der Waals surface area contributed by atoms with Crippen molar-refractivity contribution < 1.29 is 17.9 Å². The third-order valence-electron chi connectivity index (χ3n) is 5.70. The number of esters is 1. The van der Waals surface area contributed by atoms with Crippen LogP contribution >= 0.6 is 11.6 Å². The van der Waals surface area contributed by atoms with Gasteiger partial charge in [0.15, 0.2) is 0 Å². The number of carbonyl (C=O) groups is 1. The number of nitrogens with zero attached hydrogens (tertiary/aromatic N) is 1. The smallest absolute Gasteiger partial charge is 0.335 e. The maximum absolute atomic E-state index is 13.6. The number of hydrogen-bond acceptors (Lipinski definition) is 4. The van der Waals surface area contributed by atoms with Crippen molar-refractivity contribution in [1.29, 1.82) is 0 Å². The summed E-state index contributed by atoms with van der Waals surface area (Å²) in [5.74, 6) is -0.575. The van der Waals surface area contributed by atoms with Gasteiger partial charge in [0.25, 0.3) is 0 Å². The Morgan fingerprint density at radius 1 is 0.909 bits per heavy atom. The average molecular weight is 482 g/mol. The lowest BCUT2D eigenvalue weighted by atomic mass is 10.0. The van der Waals surface area contributed by atoms with Crippen LogP contribution in [0.5, 0.6) is 0 Å². The van der Waals surface area contributed by atoms with Gasteiger partial charge in [-0.15, -0.1) is 0 Å². The highest BCUT2D eigenvalue weighted by atomic mass is 35.5. The van der Waals surface area contributed by atoms with E-state index >= 15 is 0 Å². The zero-order chi connectivity index (χ0) is 23.8. The Hall–Kier alpha value is -2.93. The molecule has 4 rings (SSSR count). The molecule has 170 valence electrons. The van der Waals surface area contributed by atoms with Crippen LogP contribution in [0, 0.1) is 13.8 Å². The molecule has 3 unspecified atom stereocenters. The maximum Gasteiger partial charge on any atom is 0.335 e. The van der Waals surface area contributed by atoms with Crippen molar-refractivity contribution in [3.63, 3.8) is 0 Å². The molecule has 33 heavy (non-hydrogen) atoms. The highest BCUT2D eigenvalue weighted by molar-refractivity contribution is 7.89. The van der Waals surface area contributed by atoms with Gasteiger partial charge in [-0.1, -0.05) is 71.3 Å². The zero-order valence-corrected chi connectivity index (χ0v) is 20.1. The van der Waals surface area contributed by atoms with Crippen molar-refractivity contribution in [1.82, 2.24) is 4.31 Å². The molecule has 0 radical (unpaired) electrons. The molecule has 7 heteroatoms. The SMILES string of the molecule is COC(=O)/C(=C/c1ccc(Cl)cc1)C1C(c2ccc(C)cc2)N1S(=O)(=O)c1ccc(C)cc1. The van der Waals surface area contributed by atoms with Crippen molar-refractivity contribution in [3.8, 4) is 0 Å². The Bertz CT molecular complexity index is 1300. The molecule has 0 aliphatic carbocycles. The van der Waals surface area contributed by atoms with Crippen LogP contribution in [0.3, 0.4) is 0 Å². The maximum atomic E-state index is 13.6. The molecule has 1 aliphatic rings. The van der Waals surface area contributed by atoms with Crippen molar-refractivity contribution in [2.75, 3.05) is 7.11 Å². The predicted octanol–water partition coefficient (Wildman–Crippen LogP) is 5.33. The minimum Gasteiger partial charge on any atom is -0.466 e. The normalized spacial score (nSPS) is 20.4. The third-order valence-corrected chi connectivity index (χ3v) is 7.83. The van der Waals surface area contributed by atoms with Gasteiger partial charge >= 0.3 is 5.97 Å². The van der Waals surface area contributed by atoms with Gasteiger partial charge in [0.1, 0.15) is 0 Å². The minimum atomic E-state index is -3.86. The molecule has 1 fully saturated rings. The molecule has 0 N–H and O–H groups in total. The second kappa shape index (κ2) is 9.14. The van der Waals surface area contributed by atoms with E-state index in [4.69, 9.17) is 16.3 Å². The third kappa shape index (κ3) is 4.74. The van der Waals surface area contributed by atoms with E-state index in [1.54, 1.807) is 54.6 Å². The van der Waals surface area contributed by atoms with Crippen molar-refractivity contribution in [3.05, 3.63) is 106 Å². The van der Waals surface area contributed by atoms with Crippen molar-refractivity contribution in [2.45, 2.75) is 30.8 Å². The van der Waals surface area contributed by atoms with Crippen LogP contribution < -0.4 is 0 Å². The van der Waals surface area contributed by atoms with Gasteiger partial charge in [-0.25, -0.2) is 13.2 Å². The summed E-state index contributed by atoms with van der Waals surface area (Å²) in [6, 6.07) is 20.1. The molecule has 3 aromatic carbocycles. The quantitative estimate of drug-likeness (QED) is 0.271. The van der Waals surface area contributed by atoms with E-state index < -0.39 is 28.1 Å². The van der Waals surface area contributed by atoms with E-state index in [0.717, 1.165) is 22.3 Å². The van der Waals surface area contributed by atoms with Gasteiger partial charge in [0, 0.05) is 5.02 Å². The predicted molar refractivity (Wildman–Crippen MR) is 129 cm³/mol. The molecule has 0 aromatic heterocycles. The van der Waals surface area contributed by atoms with Crippen molar-refractivity contribution >= 4 is 33.7 Å². The molecule has 0 amide bonds. The van der Waals surface area contributed by atoms with Crippen LogP contribution in [0.2, 0.25) is 5.02 Å². The monoisotopic (exact) mass is 481 g/mol. The number of sulfonamides is 1. The fourth-order valence-electron chi connectivity index (χ4n) is 3.86. The number of halogens is 1. The highest BCUT2D eigenvalue weighted by Crippen LogP contribution is 2.51. The summed E-state index contributed by atoms with van der Waals surface area (Å²) in [7, 11) is -2.57. The Morgan fingerprint density at radius 3 is 2.00 bits per heavy atom. The molecule has 0 bridgehead atoms. The van der Waals surface area contributed by atoms with Gasteiger partial charge in [-0.05, 0) is 55.3 Å². The molecule has 3 atom stereocenters. The van der Waals surface area contributed by atoms with Gasteiger partial charge in [-0.3, -0.25) is 0 Å². The standard InChI is InChI=1S/C26H24ClNO4S/c1-17-4-10-20(11-5-17)24-25(28(24)33(30,31)22-14-6-18(2)7-15-22)23(26(29)32-3)16-19-8-12-21(27)13-9-19/h4-16,24-25H,1-3H3/b23-16+. The Morgan fingerprint density at radius 2 is 1.45 bits per heavy atom. The molecule has 1 heterocycles. The lowest BCUT2D eigenvalue weighted by Crippen LogP contribution is -2.19. The van der Waals surface area contributed by atoms with E-state index in [1.807, 2.05) is 38.1 Å². The average Bonchev–Trinajstić information content (AvgIpc) is 3.55. The number of benzene rings is 3. The Kier molecular flexibility index (Phi) is 6.43. The second-order valence-electron chi connectivity index (χ2n) is 8.09. The van der Waals surface area contributed by atoms with Gasteiger partial charge in [0.2, 0.25) is 10.0 Å². The van der Waals surface area contributed by atoms with Crippen LogP contribution in [0.4, 0.5) is 0 Å². The molecule has 1 aliphatic heterocycles. The summed E-state index contributed by atoms with van der Waals surface area (Å²) >= 11 is 5.99.